The number of amides is 1. The molecule has 1 amide bonds. The molecule has 29 heavy (non-hydrogen) atoms. The van der Waals surface area contributed by atoms with E-state index in [1.54, 1.807) is 13.1 Å². The van der Waals surface area contributed by atoms with Crippen molar-refractivity contribution >= 4 is 5.91 Å². The molecule has 1 aliphatic heterocycles. The summed E-state index contributed by atoms with van der Waals surface area (Å²) in [6, 6.07) is 10.1. The van der Waals surface area contributed by atoms with E-state index in [-0.39, 0.29) is 11.9 Å². The summed E-state index contributed by atoms with van der Waals surface area (Å²) in [5, 5.41) is 11.0. The minimum absolute atomic E-state index is 0.125. The Kier molecular flexibility index (Phi) is 5.67. The first-order valence-electron chi connectivity index (χ1n) is 9.82. The molecule has 1 saturated heterocycles. The third-order valence-corrected chi connectivity index (χ3v) is 5.13. The summed E-state index contributed by atoms with van der Waals surface area (Å²) in [6.07, 6.45) is 4.17. The van der Waals surface area contributed by atoms with Crippen molar-refractivity contribution in [3.63, 3.8) is 0 Å². The van der Waals surface area contributed by atoms with Gasteiger partial charge in [-0.05, 0) is 61.1 Å². The number of benzene rings is 1. The number of carbonyl (C=O) groups excluding carboxylic acids is 1. The van der Waals surface area contributed by atoms with Crippen LogP contribution in [0.4, 0.5) is 0 Å². The molecule has 1 aromatic carbocycles. The Labute approximate surface area is 169 Å². The van der Waals surface area contributed by atoms with E-state index < -0.39 is 0 Å². The van der Waals surface area contributed by atoms with Crippen LogP contribution in [-0.2, 0) is 11.2 Å². The number of carbonyl (C=O) groups is 1. The van der Waals surface area contributed by atoms with Crippen LogP contribution in [0.1, 0.15) is 45.9 Å². The lowest BCUT2D eigenvalue weighted by Crippen LogP contribution is -2.39. The van der Waals surface area contributed by atoms with Crippen LogP contribution in [0.2, 0.25) is 0 Å². The first-order chi connectivity index (χ1) is 14.1. The molecule has 1 fully saturated rings. The summed E-state index contributed by atoms with van der Waals surface area (Å²) in [6.45, 7) is 5.16. The molecule has 2 aromatic heterocycles. The first-order valence-corrected chi connectivity index (χ1v) is 9.82. The summed E-state index contributed by atoms with van der Waals surface area (Å²) in [7, 11) is 0. The van der Waals surface area contributed by atoms with E-state index in [4.69, 9.17) is 9.15 Å². The van der Waals surface area contributed by atoms with Crippen LogP contribution in [0, 0.1) is 13.8 Å². The van der Waals surface area contributed by atoms with Crippen molar-refractivity contribution in [2.24, 2.45) is 0 Å². The van der Waals surface area contributed by atoms with Crippen LogP contribution in [-0.4, -0.2) is 40.3 Å². The van der Waals surface area contributed by atoms with E-state index in [0.717, 1.165) is 41.5 Å². The topological polar surface area (TPSA) is 90.1 Å². The summed E-state index contributed by atoms with van der Waals surface area (Å²) < 4.78 is 10.8. The van der Waals surface area contributed by atoms with Crippen molar-refractivity contribution in [3.05, 3.63) is 64.8 Å². The Hall–Kier alpha value is -3.06. The molecular weight excluding hydrogens is 368 g/mol. The Balaban J connectivity index is 1.46. The first kappa shape index (κ1) is 19.3. The van der Waals surface area contributed by atoms with Gasteiger partial charge in [-0.15, -0.1) is 10.2 Å². The van der Waals surface area contributed by atoms with Gasteiger partial charge in [-0.25, -0.2) is 0 Å². The molecule has 0 aliphatic carbocycles. The zero-order chi connectivity index (χ0) is 20.2. The van der Waals surface area contributed by atoms with E-state index in [1.807, 2.05) is 37.3 Å². The summed E-state index contributed by atoms with van der Waals surface area (Å²) in [5.41, 5.74) is 4.62. The molecule has 3 heterocycles. The Bertz CT molecular complexity index is 992. The van der Waals surface area contributed by atoms with Gasteiger partial charge in [-0.1, -0.05) is 12.1 Å². The third kappa shape index (κ3) is 4.68. The maximum atomic E-state index is 12.6. The van der Waals surface area contributed by atoms with Crippen molar-refractivity contribution in [1.29, 1.82) is 0 Å². The van der Waals surface area contributed by atoms with E-state index in [0.29, 0.717) is 30.7 Å². The smallest absolute Gasteiger partial charge is 0.270 e. The second-order valence-corrected chi connectivity index (χ2v) is 7.36. The minimum Gasteiger partial charge on any atom is -0.421 e. The third-order valence-electron chi connectivity index (χ3n) is 5.13. The molecule has 0 saturated carbocycles. The highest BCUT2D eigenvalue weighted by molar-refractivity contribution is 5.92. The quantitative estimate of drug-likeness (QED) is 0.717. The number of rotatable bonds is 5. The fourth-order valence-electron chi connectivity index (χ4n) is 3.38. The van der Waals surface area contributed by atoms with Gasteiger partial charge in [0.05, 0.1) is 0 Å². The fraction of sp³-hybridized carbons (Fsp3) is 0.364. The summed E-state index contributed by atoms with van der Waals surface area (Å²) in [4.78, 5) is 16.9. The molecule has 1 aliphatic rings. The van der Waals surface area contributed by atoms with Crippen molar-refractivity contribution in [1.82, 2.24) is 20.5 Å². The molecule has 0 unspecified atom stereocenters. The molecule has 7 nitrogen and oxygen atoms in total. The number of pyridine rings is 1. The van der Waals surface area contributed by atoms with Crippen LogP contribution < -0.4 is 5.32 Å². The number of nitrogens with zero attached hydrogens (tertiary/aromatic N) is 3. The van der Waals surface area contributed by atoms with Crippen LogP contribution in [0.3, 0.4) is 0 Å². The molecule has 150 valence electrons. The van der Waals surface area contributed by atoms with E-state index in [9.17, 15) is 4.79 Å². The van der Waals surface area contributed by atoms with Crippen molar-refractivity contribution in [2.75, 3.05) is 13.2 Å². The fourth-order valence-corrected chi connectivity index (χ4v) is 3.38. The Morgan fingerprint density at radius 2 is 1.90 bits per heavy atom. The SMILES string of the molecule is Cc1nnc(-c2ccc(Cc3cc(C(=O)NC4CCOCC4)ncc3C)cc2)o1. The van der Waals surface area contributed by atoms with Crippen LogP contribution >= 0.6 is 0 Å². The number of aryl methyl sites for hydroxylation is 2. The van der Waals surface area contributed by atoms with Gasteiger partial charge in [-0.2, -0.15) is 0 Å². The maximum absolute atomic E-state index is 12.6. The van der Waals surface area contributed by atoms with Crippen molar-refractivity contribution in [3.8, 4) is 11.5 Å². The van der Waals surface area contributed by atoms with Gasteiger partial charge < -0.3 is 14.5 Å². The molecule has 4 rings (SSSR count). The van der Waals surface area contributed by atoms with E-state index in [1.165, 1.54) is 0 Å². The van der Waals surface area contributed by atoms with Gasteiger partial charge in [0.2, 0.25) is 11.8 Å². The van der Waals surface area contributed by atoms with E-state index >= 15 is 0 Å². The van der Waals surface area contributed by atoms with Crippen molar-refractivity contribution < 1.29 is 13.9 Å². The zero-order valence-electron chi connectivity index (χ0n) is 16.6. The largest absolute Gasteiger partial charge is 0.421 e. The number of ether oxygens (including phenoxy) is 1. The van der Waals surface area contributed by atoms with Gasteiger partial charge in [0.1, 0.15) is 5.69 Å². The van der Waals surface area contributed by atoms with Gasteiger partial charge in [0, 0.05) is 37.9 Å². The standard InChI is InChI=1S/C22H24N4O3/c1-14-13-23-20(21(27)24-19-7-9-28-10-8-19)12-18(14)11-16-3-5-17(6-4-16)22-26-25-15(2)29-22/h3-6,12-13,19H,7-11H2,1-2H3,(H,24,27). The summed E-state index contributed by atoms with van der Waals surface area (Å²) in [5.74, 6) is 0.935. The lowest BCUT2D eigenvalue weighted by Gasteiger charge is -2.23. The lowest BCUT2D eigenvalue weighted by atomic mass is 10.00. The van der Waals surface area contributed by atoms with Crippen LogP contribution in [0.15, 0.2) is 40.9 Å². The number of aromatic nitrogens is 3. The van der Waals surface area contributed by atoms with Gasteiger partial charge in [-0.3, -0.25) is 9.78 Å². The molecule has 3 aromatic rings. The molecule has 0 radical (unpaired) electrons. The normalized spacial score (nSPS) is 14.7. The molecule has 7 heteroatoms. The molecule has 1 N–H and O–H groups in total. The lowest BCUT2D eigenvalue weighted by molar-refractivity contribution is 0.0694. The predicted octanol–water partition coefficient (Wildman–Crippen LogP) is 3.25. The number of hydrogen-bond donors (Lipinski definition) is 1. The Morgan fingerprint density at radius 3 is 2.59 bits per heavy atom. The van der Waals surface area contributed by atoms with Crippen LogP contribution in [0.25, 0.3) is 11.5 Å². The highest BCUT2D eigenvalue weighted by Crippen LogP contribution is 2.21. The van der Waals surface area contributed by atoms with Gasteiger partial charge in [0.15, 0.2) is 0 Å². The average molecular weight is 392 g/mol. The monoisotopic (exact) mass is 392 g/mol. The molecule has 0 bridgehead atoms. The number of hydrogen-bond acceptors (Lipinski definition) is 6. The van der Waals surface area contributed by atoms with Crippen LogP contribution in [0.5, 0.6) is 0 Å². The van der Waals surface area contributed by atoms with Gasteiger partial charge >= 0.3 is 0 Å². The maximum Gasteiger partial charge on any atom is 0.270 e. The second kappa shape index (κ2) is 8.53. The zero-order valence-corrected chi connectivity index (χ0v) is 16.6. The number of nitrogens with one attached hydrogen (secondary N) is 1. The Morgan fingerprint density at radius 1 is 1.14 bits per heavy atom. The summed E-state index contributed by atoms with van der Waals surface area (Å²) >= 11 is 0. The van der Waals surface area contributed by atoms with Crippen molar-refractivity contribution in [2.45, 2.75) is 39.2 Å². The van der Waals surface area contributed by atoms with Gasteiger partial charge in [0.25, 0.3) is 5.91 Å². The average Bonchev–Trinajstić information content (AvgIpc) is 3.17. The molecule has 0 atom stereocenters. The minimum atomic E-state index is -0.125. The highest BCUT2D eigenvalue weighted by Gasteiger charge is 2.18. The second-order valence-electron chi connectivity index (χ2n) is 7.36. The molecule has 0 spiro atoms. The van der Waals surface area contributed by atoms with E-state index in [2.05, 4.69) is 20.5 Å². The predicted molar refractivity (Wildman–Crippen MR) is 108 cm³/mol. The molecular formula is C22H24N4O3. The highest BCUT2D eigenvalue weighted by atomic mass is 16.5.